The smallest absolute Gasteiger partial charge is 0.267 e. The van der Waals surface area contributed by atoms with E-state index < -0.39 is 12.0 Å². The number of hydrogen-bond donors (Lipinski definition) is 1. The largest absolute Gasteiger partial charge is 0.361 e. The Balaban J connectivity index is 1.77. The molecule has 23 heavy (non-hydrogen) atoms. The van der Waals surface area contributed by atoms with Crippen molar-refractivity contribution in [3.63, 3.8) is 0 Å². The highest BCUT2D eigenvalue weighted by Crippen LogP contribution is 2.38. The number of hydrogen-bond acceptors (Lipinski definition) is 5. The van der Waals surface area contributed by atoms with Crippen molar-refractivity contribution in [2.24, 2.45) is 0 Å². The Hall–Kier alpha value is -2.15. The summed E-state index contributed by atoms with van der Waals surface area (Å²) >= 11 is 1.46. The van der Waals surface area contributed by atoms with Gasteiger partial charge in [0, 0.05) is 12.6 Å². The third-order valence-corrected chi connectivity index (χ3v) is 4.85. The molecule has 0 saturated heterocycles. The fourth-order valence-corrected chi connectivity index (χ4v) is 3.61. The fourth-order valence-electron chi connectivity index (χ4n) is 2.85. The lowest BCUT2D eigenvalue weighted by molar-refractivity contribution is -0.000647. The summed E-state index contributed by atoms with van der Waals surface area (Å²) < 4.78 is 27.9. The van der Waals surface area contributed by atoms with Crippen molar-refractivity contribution in [1.82, 2.24) is 15.0 Å². The lowest BCUT2D eigenvalue weighted by atomic mass is 10.2. The molecule has 1 saturated carbocycles. The summed E-state index contributed by atoms with van der Waals surface area (Å²) in [6.07, 6.45) is 2.56. The highest BCUT2D eigenvalue weighted by atomic mass is 32.1. The standard InChI is InChI=1S/C16H14F2N4S/c17-16(18)7-3-5-12(16)20-13-10-6-9-23-15(10)22-14(21-13)11-4-1-2-8-19-11/h1-2,4,6,8-9,12H,3,5,7H2,(H,20,21,22). The van der Waals surface area contributed by atoms with Gasteiger partial charge in [0.2, 0.25) is 0 Å². The molecule has 0 spiro atoms. The molecule has 0 aliphatic heterocycles. The van der Waals surface area contributed by atoms with Gasteiger partial charge < -0.3 is 5.32 Å². The second-order valence-corrected chi connectivity index (χ2v) is 6.49. The van der Waals surface area contributed by atoms with Crippen molar-refractivity contribution in [2.75, 3.05) is 5.32 Å². The van der Waals surface area contributed by atoms with Crippen LogP contribution in [-0.2, 0) is 0 Å². The third kappa shape index (κ3) is 2.65. The number of alkyl halides is 2. The number of aromatic nitrogens is 3. The van der Waals surface area contributed by atoms with Crippen molar-refractivity contribution in [3.8, 4) is 11.5 Å². The van der Waals surface area contributed by atoms with Crippen molar-refractivity contribution in [2.45, 2.75) is 31.2 Å². The highest BCUT2D eigenvalue weighted by Gasteiger charge is 2.44. The zero-order chi connectivity index (χ0) is 15.9. The maximum absolute atomic E-state index is 13.9. The van der Waals surface area contributed by atoms with Crippen LogP contribution in [0.4, 0.5) is 14.6 Å². The second kappa shape index (κ2) is 5.49. The Morgan fingerprint density at radius 2 is 2.13 bits per heavy atom. The van der Waals surface area contributed by atoms with Gasteiger partial charge in [-0.3, -0.25) is 4.98 Å². The Kier molecular flexibility index (Phi) is 3.45. The highest BCUT2D eigenvalue weighted by molar-refractivity contribution is 7.16. The van der Waals surface area contributed by atoms with Gasteiger partial charge in [-0.2, -0.15) is 0 Å². The molecular weight excluding hydrogens is 318 g/mol. The van der Waals surface area contributed by atoms with E-state index in [9.17, 15) is 8.78 Å². The normalized spacial score (nSPS) is 20.0. The lowest BCUT2D eigenvalue weighted by Crippen LogP contribution is -2.34. The second-order valence-electron chi connectivity index (χ2n) is 5.60. The molecule has 3 heterocycles. The average molecular weight is 332 g/mol. The summed E-state index contributed by atoms with van der Waals surface area (Å²) in [6, 6.07) is 6.45. The van der Waals surface area contributed by atoms with Gasteiger partial charge in [-0.1, -0.05) is 6.07 Å². The Morgan fingerprint density at radius 1 is 1.22 bits per heavy atom. The number of rotatable bonds is 3. The van der Waals surface area contributed by atoms with Gasteiger partial charge >= 0.3 is 0 Å². The van der Waals surface area contributed by atoms with Gasteiger partial charge in [-0.05, 0) is 36.4 Å². The number of fused-ring (bicyclic) bond motifs is 1. The number of pyridine rings is 1. The number of halogens is 2. The molecular formula is C16H14F2N4S. The van der Waals surface area contributed by atoms with E-state index in [0.29, 0.717) is 30.2 Å². The van der Waals surface area contributed by atoms with Crippen LogP contribution in [0.3, 0.4) is 0 Å². The minimum atomic E-state index is -2.70. The molecule has 3 aromatic rings. The van der Waals surface area contributed by atoms with Gasteiger partial charge in [0.05, 0.1) is 11.4 Å². The van der Waals surface area contributed by atoms with E-state index in [0.717, 1.165) is 10.2 Å². The fraction of sp³-hybridized carbons (Fsp3) is 0.312. The van der Waals surface area contributed by atoms with Crippen molar-refractivity contribution in [1.29, 1.82) is 0 Å². The van der Waals surface area contributed by atoms with Gasteiger partial charge in [-0.15, -0.1) is 11.3 Å². The minimum absolute atomic E-state index is 0.0738. The Labute approximate surface area is 135 Å². The first-order valence-electron chi connectivity index (χ1n) is 7.44. The van der Waals surface area contributed by atoms with Crippen molar-refractivity contribution in [3.05, 3.63) is 35.8 Å². The van der Waals surface area contributed by atoms with E-state index in [1.165, 1.54) is 11.3 Å². The maximum atomic E-state index is 13.9. The molecule has 118 valence electrons. The van der Waals surface area contributed by atoms with Crippen LogP contribution in [-0.4, -0.2) is 26.9 Å². The van der Waals surface area contributed by atoms with Crippen molar-refractivity contribution >= 4 is 27.4 Å². The van der Waals surface area contributed by atoms with E-state index in [1.807, 2.05) is 29.6 Å². The van der Waals surface area contributed by atoms with Gasteiger partial charge in [0.1, 0.15) is 16.3 Å². The van der Waals surface area contributed by atoms with Crippen molar-refractivity contribution < 1.29 is 8.78 Å². The van der Waals surface area contributed by atoms with Crippen LogP contribution in [0.5, 0.6) is 0 Å². The van der Waals surface area contributed by atoms with Gasteiger partial charge in [-0.25, -0.2) is 18.7 Å². The van der Waals surface area contributed by atoms with Crippen LogP contribution in [0.2, 0.25) is 0 Å². The molecule has 4 nitrogen and oxygen atoms in total. The Morgan fingerprint density at radius 3 is 2.87 bits per heavy atom. The van der Waals surface area contributed by atoms with E-state index in [2.05, 4.69) is 20.3 Å². The summed E-state index contributed by atoms with van der Waals surface area (Å²) in [7, 11) is 0. The number of nitrogens with one attached hydrogen (secondary N) is 1. The predicted octanol–water partition coefficient (Wildman–Crippen LogP) is 4.35. The maximum Gasteiger partial charge on any atom is 0.267 e. The van der Waals surface area contributed by atoms with Crippen LogP contribution in [0.1, 0.15) is 19.3 Å². The predicted molar refractivity (Wildman–Crippen MR) is 86.9 cm³/mol. The molecule has 4 rings (SSSR count). The summed E-state index contributed by atoms with van der Waals surface area (Å²) in [5.41, 5.74) is 0.629. The molecule has 0 radical (unpaired) electrons. The SMILES string of the molecule is FC1(F)CCCC1Nc1nc(-c2ccccn2)nc2sccc12. The van der Waals surface area contributed by atoms with E-state index in [4.69, 9.17) is 0 Å². The van der Waals surface area contributed by atoms with Crippen LogP contribution >= 0.6 is 11.3 Å². The zero-order valence-corrected chi connectivity index (χ0v) is 13.0. The monoisotopic (exact) mass is 332 g/mol. The zero-order valence-electron chi connectivity index (χ0n) is 12.2. The topological polar surface area (TPSA) is 50.7 Å². The molecule has 0 aromatic carbocycles. The third-order valence-electron chi connectivity index (χ3n) is 4.04. The first kappa shape index (κ1) is 14.4. The summed E-state index contributed by atoms with van der Waals surface area (Å²) in [6.45, 7) is 0. The molecule has 1 fully saturated rings. The van der Waals surface area contributed by atoms with E-state index >= 15 is 0 Å². The molecule has 1 aliphatic rings. The van der Waals surface area contributed by atoms with Crippen LogP contribution in [0.25, 0.3) is 21.7 Å². The summed E-state index contributed by atoms with van der Waals surface area (Å²) in [5, 5.41) is 5.61. The minimum Gasteiger partial charge on any atom is -0.361 e. The molecule has 1 aliphatic carbocycles. The molecule has 3 aromatic heterocycles. The molecule has 0 amide bonds. The summed E-state index contributed by atoms with van der Waals surface area (Å²) in [4.78, 5) is 14.0. The molecule has 0 bridgehead atoms. The van der Waals surface area contributed by atoms with Crippen LogP contribution in [0, 0.1) is 0 Å². The average Bonchev–Trinajstić information content (AvgIpc) is 3.15. The first-order valence-corrected chi connectivity index (χ1v) is 8.32. The van der Waals surface area contributed by atoms with E-state index in [1.54, 1.807) is 6.20 Å². The molecule has 1 N–H and O–H groups in total. The quantitative estimate of drug-likeness (QED) is 0.774. The van der Waals surface area contributed by atoms with Crippen LogP contribution < -0.4 is 5.32 Å². The summed E-state index contributed by atoms with van der Waals surface area (Å²) in [5.74, 6) is -1.79. The molecule has 7 heteroatoms. The van der Waals surface area contributed by atoms with E-state index in [-0.39, 0.29) is 6.42 Å². The van der Waals surface area contributed by atoms with Crippen LogP contribution in [0.15, 0.2) is 35.8 Å². The van der Waals surface area contributed by atoms with Gasteiger partial charge in [0.15, 0.2) is 5.82 Å². The number of thiophene rings is 1. The van der Waals surface area contributed by atoms with Gasteiger partial charge in [0.25, 0.3) is 5.92 Å². The lowest BCUT2D eigenvalue weighted by Gasteiger charge is -2.21. The number of anilines is 1. The first-order chi connectivity index (χ1) is 11.1. The molecule has 1 unspecified atom stereocenters. The molecule has 1 atom stereocenters. The number of nitrogens with zero attached hydrogens (tertiary/aromatic N) is 3. The Bertz CT molecular complexity index is 834.